The molecule has 5 heteroatoms. The van der Waals surface area contributed by atoms with Gasteiger partial charge in [-0.2, -0.15) is 0 Å². The molecule has 2 saturated heterocycles. The summed E-state index contributed by atoms with van der Waals surface area (Å²) in [4.78, 5) is 7.60. The van der Waals surface area contributed by atoms with Crippen molar-refractivity contribution in [2.45, 2.75) is 25.5 Å². The molecule has 1 aromatic rings. The summed E-state index contributed by atoms with van der Waals surface area (Å²) in [6.07, 6.45) is 1.12. The van der Waals surface area contributed by atoms with E-state index in [9.17, 15) is 0 Å². The molecule has 2 atom stereocenters. The fraction of sp³-hybridized carbons (Fsp3) is 0.765. The molecule has 0 amide bonds. The molecule has 4 nitrogen and oxygen atoms in total. The average Bonchev–Trinajstić information content (AvgIpc) is 2.95. The summed E-state index contributed by atoms with van der Waals surface area (Å²) in [6.45, 7) is 8.72. The molecule has 0 aromatic carbocycles. The van der Waals surface area contributed by atoms with Gasteiger partial charge in [-0.05, 0) is 45.5 Å². The van der Waals surface area contributed by atoms with Gasteiger partial charge in [-0.1, -0.05) is 0 Å². The molecule has 0 unspecified atom stereocenters. The van der Waals surface area contributed by atoms with Crippen molar-refractivity contribution in [3.05, 3.63) is 21.9 Å². The van der Waals surface area contributed by atoms with Gasteiger partial charge < -0.3 is 14.4 Å². The van der Waals surface area contributed by atoms with Crippen LogP contribution in [-0.4, -0.2) is 69.0 Å². The Morgan fingerprint density at radius 3 is 3.00 bits per heavy atom. The number of aryl methyl sites for hydroxylation is 1. The van der Waals surface area contributed by atoms with Crippen molar-refractivity contribution >= 4 is 11.3 Å². The van der Waals surface area contributed by atoms with Crippen LogP contribution in [0.5, 0.6) is 0 Å². The highest BCUT2D eigenvalue weighted by molar-refractivity contribution is 7.11. The third-order valence-corrected chi connectivity index (χ3v) is 5.50. The van der Waals surface area contributed by atoms with E-state index in [-0.39, 0.29) is 5.60 Å². The molecule has 3 heterocycles. The fourth-order valence-corrected chi connectivity index (χ4v) is 4.63. The van der Waals surface area contributed by atoms with Crippen molar-refractivity contribution in [2.75, 3.05) is 53.6 Å². The molecule has 124 valence electrons. The molecule has 2 fully saturated rings. The van der Waals surface area contributed by atoms with Crippen LogP contribution in [0.15, 0.2) is 12.1 Å². The SMILES string of the molecule is Cc1ccc(CN2CCOC[C@]3(C[C@H](CN(C)C)CO3)C2)s1. The zero-order chi connectivity index (χ0) is 15.6. The molecule has 0 N–H and O–H groups in total. The summed E-state index contributed by atoms with van der Waals surface area (Å²) < 4.78 is 12.1. The van der Waals surface area contributed by atoms with E-state index in [2.05, 4.69) is 43.0 Å². The van der Waals surface area contributed by atoms with Gasteiger partial charge in [0.05, 0.1) is 19.8 Å². The minimum atomic E-state index is -0.0938. The second-order valence-corrected chi connectivity index (χ2v) is 8.47. The van der Waals surface area contributed by atoms with Crippen molar-refractivity contribution in [1.29, 1.82) is 0 Å². The lowest BCUT2D eigenvalue weighted by Gasteiger charge is -2.31. The normalized spacial score (nSPS) is 30.3. The van der Waals surface area contributed by atoms with E-state index < -0.39 is 0 Å². The smallest absolute Gasteiger partial charge is 0.104 e. The number of rotatable bonds is 4. The van der Waals surface area contributed by atoms with Crippen LogP contribution in [0.4, 0.5) is 0 Å². The van der Waals surface area contributed by atoms with E-state index >= 15 is 0 Å². The van der Waals surface area contributed by atoms with E-state index in [0.717, 1.165) is 52.4 Å². The predicted molar refractivity (Wildman–Crippen MR) is 90.5 cm³/mol. The first kappa shape index (κ1) is 16.4. The second-order valence-electron chi connectivity index (χ2n) is 7.10. The zero-order valence-corrected chi connectivity index (χ0v) is 14.8. The van der Waals surface area contributed by atoms with Crippen LogP contribution in [0.2, 0.25) is 0 Å². The quantitative estimate of drug-likeness (QED) is 0.848. The van der Waals surface area contributed by atoms with E-state index in [1.54, 1.807) is 0 Å². The second kappa shape index (κ2) is 6.97. The predicted octanol–water partition coefficient (Wildman–Crippen LogP) is 2.23. The van der Waals surface area contributed by atoms with Crippen molar-refractivity contribution in [3.8, 4) is 0 Å². The van der Waals surface area contributed by atoms with Gasteiger partial charge in [0.25, 0.3) is 0 Å². The lowest BCUT2D eigenvalue weighted by atomic mass is 9.94. The van der Waals surface area contributed by atoms with Gasteiger partial charge in [0, 0.05) is 35.9 Å². The summed E-state index contributed by atoms with van der Waals surface area (Å²) in [5, 5.41) is 0. The van der Waals surface area contributed by atoms with Gasteiger partial charge in [0.15, 0.2) is 0 Å². The van der Waals surface area contributed by atoms with Crippen LogP contribution in [0.25, 0.3) is 0 Å². The van der Waals surface area contributed by atoms with Gasteiger partial charge in [-0.3, -0.25) is 4.90 Å². The number of ether oxygens (including phenoxy) is 2. The van der Waals surface area contributed by atoms with Crippen LogP contribution in [-0.2, 0) is 16.0 Å². The Bertz CT molecular complexity index is 491. The van der Waals surface area contributed by atoms with Crippen molar-refractivity contribution in [2.24, 2.45) is 5.92 Å². The highest BCUT2D eigenvalue weighted by Gasteiger charge is 2.43. The fourth-order valence-electron chi connectivity index (χ4n) is 3.69. The van der Waals surface area contributed by atoms with Crippen molar-refractivity contribution in [3.63, 3.8) is 0 Å². The number of thiophene rings is 1. The maximum Gasteiger partial charge on any atom is 0.104 e. The third-order valence-electron chi connectivity index (χ3n) is 4.51. The maximum absolute atomic E-state index is 6.26. The topological polar surface area (TPSA) is 24.9 Å². The molecule has 0 saturated carbocycles. The van der Waals surface area contributed by atoms with Crippen LogP contribution >= 0.6 is 11.3 Å². The molecule has 0 bridgehead atoms. The van der Waals surface area contributed by atoms with Crippen LogP contribution < -0.4 is 0 Å². The Morgan fingerprint density at radius 2 is 2.27 bits per heavy atom. The Hall–Kier alpha value is -0.460. The monoisotopic (exact) mass is 324 g/mol. The summed E-state index contributed by atoms with van der Waals surface area (Å²) in [6, 6.07) is 4.46. The van der Waals surface area contributed by atoms with E-state index in [4.69, 9.17) is 9.47 Å². The van der Waals surface area contributed by atoms with Crippen LogP contribution in [0.1, 0.15) is 16.2 Å². The number of hydrogen-bond donors (Lipinski definition) is 0. The minimum Gasteiger partial charge on any atom is -0.377 e. The Kier molecular flexibility index (Phi) is 5.20. The Morgan fingerprint density at radius 1 is 1.41 bits per heavy atom. The lowest BCUT2D eigenvalue weighted by Crippen LogP contribution is -2.43. The summed E-state index contributed by atoms with van der Waals surface area (Å²) in [5.41, 5.74) is -0.0938. The molecule has 0 aliphatic carbocycles. The van der Waals surface area contributed by atoms with Gasteiger partial charge in [0.1, 0.15) is 5.60 Å². The van der Waals surface area contributed by atoms with Crippen molar-refractivity contribution < 1.29 is 9.47 Å². The number of nitrogens with zero attached hydrogens (tertiary/aromatic N) is 2. The summed E-state index contributed by atoms with van der Waals surface area (Å²) in [5.74, 6) is 0.627. The standard InChI is InChI=1S/C17H28N2O2S/c1-14-4-5-16(22-14)10-19-6-7-20-13-17(12-19)8-15(11-21-17)9-18(2)3/h4-5,15H,6-13H2,1-3H3/t15-,17+/m1/s1. The van der Waals surface area contributed by atoms with Gasteiger partial charge in [-0.25, -0.2) is 0 Å². The van der Waals surface area contributed by atoms with E-state index in [0.29, 0.717) is 5.92 Å². The highest BCUT2D eigenvalue weighted by Crippen LogP contribution is 2.33. The largest absolute Gasteiger partial charge is 0.377 e. The molecule has 0 radical (unpaired) electrons. The van der Waals surface area contributed by atoms with Crippen molar-refractivity contribution in [1.82, 2.24) is 9.80 Å². The maximum atomic E-state index is 6.26. The first-order chi connectivity index (χ1) is 10.5. The van der Waals surface area contributed by atoms with E-state index in [1.807, 2.05) is 11.3 Å². The molecule has 2 aliphatic heterocycles. The Balaban J connectivity index is 1.62. The Labute approximate surface area is 138 Å². The van der Waals surface area contributed by atoms with Crippen LogP contribution in [0.3, 0.4) is 0 Å². The van der Waals surface area contributed by atoms with Crippen LogP contribution in [0, 0.1) is 12.8 Å². The third kappa shape index (κ3) is 4.09. The molecule has 1 spiro atoms. The summed E-state index contributed by atoms with van der Waals surface area (Å²) in [7, 11) is 4.28. The minimum absolute atomic E-state index is 0.0938. The highest BCUT2D eigenvalue weighted by atomic mass is 32.1. The molecule has 22 heavy (non-hydrogen) atoms. The van der Waals surface area contributed by atoms with Gasteiger partial charge >= 0.3 is 0 Å². The molecular formula is C17H28N2O2S. The first-order valence-electron chi connectivity index (χ1n) is 8.19. The number of hydrogen-bond acceptors (Lipinski definition) is 5. The van der Waals surface area contributed by atoms with E-state index in [1.165, 1.54) is 9.75 Å². The summed E-state index contributed by atoms with van der Waals surface area (Å²) >= 11 is 1.90. The molecular weight excluding hydrogens is 296 g/mol. The van der Waals surface area contributed by atoms with Gasteiger partial charge in [-0.15, -0.1) is 11.3 Å². The lowest BCUT2D eigenvalue weighted by molar-refractivity contribution is -0.0562. The molecule has 2 aliphatic rings. The zero-order valence-electron chi connectivity index (χ0n) is 14.0. The van der Waals surface area contributed by atoms with Gasteiger partial charge in [0.2, 0.25) is 0 Å². The average molecular weight is 324 g/mol. The molecule has 3 rings (SSSR count). The molecule has 1 aromatic heterocycles. The first-order valence-corrected chi connectivity index (χ1v) is 9.00.